The number of hydrogen-bond acceptors (Lipinski definition) is 10. The number of nitrogens with zero attached hydrogens (tertiary/aromatic N) is 5. The topological polar surface area (TPSA) is 174 Å². The summed E-state index contributed by atoms with van der Waals surface area (Å²) in [7, 11) is -3.32. The van der Waals surface area contributed by atoms with Crippen LogP contribution in [0.2, 0.25) is 0 Å². The minimum absolute atomic E-state index is 0.0243. The van der Waals surface area contributed by atoms with E-state index in [0.29, 0.717) is 95.8 Å². The van der Waals surface area contributed by atoms with Gasteiger partial charge in [0.2, 0.25) is 5.95 Å². The number of carbonyl (C=O) groups is 1. The van der Waals surface area contributed by atoms with Crippen molar-refractivity contribution >= 4 is 32.6 Å². The lowest BCUT2D eigenvalue weighted by Crippen LogP contribution is -2.44. The first-order valence-electron chi connectivity index (χ1n) is 21.9. The second kappa shape index (κ2) is 15.4. The van der Waals surface area contributed by atoms with Gasteiger partial charge in [-0.05, 0) is 142 Å². The highest BCUT2D eigenvalue weighted by atomic mass is 32.2. The van der Waals surface area contributed by atoms with Crippen LogP contribution in [-0.4, -0.2) is 75.0 Å². The molecule has 0 bridgehead atoms. The zero-order valence-corrected chi connectivity index (χ0v) is 36.6. The van der Waals surface area contributed by atoms with E-state index >= 15 is 4.79 Å². The van der Waals surface area contributed by atoms with Gasteiger partial charge in [0.25, 0.3) is 11.5 Å². The fourth-order valence-corrected chi connectivity index (χ4v) is 11.6. The zero-order chi connectivity index (χ0) is 43.9. The normalized spacial score (nSPS) is 21.4. The van der Waals surface area contributed by atoms with E-state index < -0.39 is 27.2 Å². The van der Waals surface area contributed by atoms with E-state index in [1.165, 1.54) is 10.1 Å². The molecule has 2 saturated carbocycles. The molecule has 3 fully saturated rings. The van der Waals surface area contributed by atoms with Gasteiger partial charge in [0.15, 0.2) is 15.7 Å². The van der Waals surface area contributed by atoms with Crippen molar-refractivity contribution in [3.63, 3.8) is 0 Å². The van der Waals surface area contributed by atoms with Crippen LogP contribution in [0.25, 0.3) is 16.6 Å². The molecule has 328 valence electrons. The second-order valence-corrected chi connectivity index (χ2v) is 20.1. The minimum Gasteiger partial charge on any atom is -0.381 e. The molecule has 63 heavy (non-hydrogen) atoms. The molecule has 2 aliphatic heterocycles. The van der Waals surface area contributed by atoms with Crippen LogP contribution < -0.4 is 16.6 Å². The Morgan fingerprint density at radius 3 is 2.35 bits per heavy atom. The largest absolute Gasteiger partial charge is 0.438 e. The van der Waals surface area contributed by atoms with E-state index in [-0.39, 0.29) is 47.4 Å². The molecule has 4 aliphatic rings. The Kier molecular flexibility index (Phi) is 10.1. The van der Waals surface area contributed by atoms with Gasteiger partial charge in [0.05, 0.1) is 27.6 Å². The molecule has 1 amide bonds. The van der Waals surface area contributed by atoms with Gasteiger partial charge in [-0.3, -0.25) is 19.1 Å². The molecule has 3 aromatic carbocycles. The lowest BCUT2D eigenvalue weighted by atomic mass is 9.91. The van der Waals surface area contributed by atoms with Gasteiger partial charge >= 0.3 is 5.76 Å². The molecule has 14 nitrogen and oxygen atoms in total. The van der Waals surface area contributed by atoms with Crippen LogP contribution in [0.15, 0.2) is 79.7 Å². The van der Waals surface area contributed by atoms with Crippen LogP contribution in [0.4, 0.5) is 10.3 Å². The number of hydrogen-bond donors (Lipinski definition) is 2. The van der Waals surface area contributed by atoms with Crippen molar-refractivity contribution in [2.75, 3.05) is 31.6 Å². The van der Waals surface area contributed by atoms with Crippen molar-refractivity contribution in [3.8, 4) is 5.69 Å². The van der Waals surface area contributed by atoms with E-state index in [4.69, 9.17) is 14.2 Å². The predicted octanol–water partition coefficient (Wildman–Crippen LogP) is 6.65. The molecule has 2 aliphatic carbocycles. The number of H-pyrrole nitrogens is 1. The first-order chi connectivity index (χ1) is 30.3. The number of aromatic nitrogens is 5. The molecule has 2 N–H and O–H groups in total. The second-order valence-electron chi connectivity index (χ2n) is 17.9. The molecule has 3 aromatic heterocycles. The van der Waals surface area contributed by atoms with Crippen molar-refractivity contribution in [2.45, 2.75) is 100 Å². The van der Waals surface area contributed by atoms with Crippen molar-refractivity contribution in [1.82, 2.24) is 29.2 Å². The number of benzene rings is 3. The molecule has 16 heteroatoms. The number of fused-ring (bicyclic) bond motifs is 2. The quantitative estimate of drug-likeness (QED) is 0.144. The third-order valence-electron chi connectivity index (χ3n) is 13.8. The Morgan fingerprint density at radius 1 is 0.984 bits per heavy atom. The number of rotatable bonds is 11. The van der Waals surface area contributed by atoms with Gasteiger partial charge in [-0.15, -0.1) is 0 Å². The van der Waals surface area contributed by atoms with Crippen LogP contribution in [-0.2, 0) is 33.0 Å². The van der Waals surface area contributed by atoms with E-state index in [9.17, 15) is 22.4 Å². The number of aromatic amines is 1. The van der Waals surface area contributed by atoms with Crippen LogP contribution in [0.3, 0.4) is 0 Å². The van der Waals surface area contributed by atoms with Gasteiger partial charge < -0.3 is 19.5 Å². The van der Waals surface area contributed by atoms with Gasteiger partial charge in [-0.2, -0.15) is 0 Å². The molecule has 10 rings (SSSR count). The van der Waals surface area contributed by atoms with Gasteiger partial charge in [-0.25, -0.2) is 27.2 Å². The van der Waals surface area contributed by atoms with Crippen molar-refractivity contribution in [1.29, 1.82) is 0 Å². The highest BCUT2D eigenvalue weighted by molar-refractivity contribution is 7.92. The summed E-state index contributed by atoms with van der Waals surface area (Å²) in [5.74, 6) is -0.303. The summed E-state index contributed by atoms with van der Waals surface area (Å²) < 4.78 is 54.7. The monoisotopic (exact) mass is 875 g/mol. The predicted molar refractivity (Wildman–Crippen MR) is 234 cm³/mol. The third kappa shape index (κ3) is 7.01. The molecular weight excluding hydrogens is 826 g/mol. The number of nitrogens with one attached hydrogen (secondary N) is 2. The Labute approximate surface area is 363 Å². The number of anilines is 1. The number of ether oxygens (including phenoxy) is 1. The summed E-state index contributed by atoms with van der Waals surface area (Å²) in [5.41, 5.74) is 4.39. The smallest absolute Gasteiger partial charge is 0.381 e. The first kappa shape index (κ1) is 41.2. The molecular formula is C47H50FN7O7S. The van der Waals surface area contributed by atoms with Crippen molar-refractivity contribution in [2.24, 2.45) is 5.92 Å². The van der Waals surface area contributed by atoms with Crippen LogP contribution in [0, 0.1) is 25.6 Å². The fraction of sp³-hybridized carbons (Fsp3) is 0.426. The summed E-state index contributed by atoms with van der Waals surface area (Å²) in [6, 6.07) is 17.8. The Bertz CT molecular complexity index is 3010. The van der Waals surface area contributed by atoms with E-state index in [0.717, 1.165) is 29.3 Å². The van der Waals surface area contributed by atoms with Crippen LogP contribution in [0.1, 0.15) is 108 Å². The standard InChI is InChI=1S/C47H50FN7O7S/c1-26-21-34(22-27(2)40(26)48)54-42(56)37-14-18-53(29(4)41(37)50-45(54)49-17-13-30-5-8-35(9-6-30)63(59,60)36-10-11-36)43(57)39-24-33-23-32(31-15-19-61-20-16-31)7-12-38(33)55(39)47(25-28(47)3)44-51-46(58)62-52-44/h5-9,12,21-24,28-29,31,36H,10-11,13-20,25H2,1-4H3,(H,49,50)(H,51,52,58)/t28-,29+,47-/m1/s1. The molecule has 0 unspecified atom stereocenters. The summed E-state index contributed by atoms with van der Waals surface area (Å²) in [5, 5.41) is 8.11. The van der Waals surface area contributed by atoms with Crippen molar-refractivity contribution < 1.29 is 26.9 Å². The average molecular weight is 876 g/mol. The molecule has 0 radical (unpaired) electrons. The number of halogens is 1. The third-order valence-corrected chi connectivity index (χ3v) is 16.1. The van der Waals surface area contributed by atoms with E-state index in [2.05, 4.69) is 40.6 Å². The first-order valence-corrected chi connectivity index (χ1v) is 23.4. The minimum atomic E-state index is -3.32. The molecule has 0 spiro atoms. The number of sulfone groups is 1. The number of carbonyl (C=O) groups excluding carboxylic acids is 1. The lowest BCUT2D eigenvalue weighted by Gasteiger charge is -2.35. The maximum absolute atomic E-state index is 15.2. The maximum Gasteiger partial charge on any atom is 0.438 e. The van der Waals surface area contributed by atoms with Gasteiger partial charge in [-0.1, -0.05) is 30.3 Å². The van der Waals surface area contributed by atoms with Crippen molar-refractivity contribution in [3.05, 3.63) is 132 Å². The number of aryl methyl sites for hydroxylation is 2. The van der Waals surface area contributed by atoms with Crippen LogP contribution >= 0.6 is 0 Å². The Morgan fingerprint density at radius 2 is 1.70 bits per heavy atom. The van der Waals surface area contributed by atoms with E-state index in [1.807, 2.05) is 17.6 Å². The Balaban J connectivity index is 1.02. The number of amides is 1. The lowest BCUT2D eigenvalue weighted by molar-refractivity contribution is 0.0658. The van der Waals surface area contributed by atoms with E-state index in [1.54, 1.807) is 55.1 Å². The highest BCUT2D eigenvalue weighted by Gasteiger charge is 2.59. The fourth-order valence-electron chi connectivity index (χ4n) is 9.97. The van der Waals surface area contributed by atoms with Gasteiger partial charge in [0.1, 0.15) is 17.1 Å². The zero-order valence-electron chi connectivity index (χ0n) is 35.7. The summed E-state index contributed by atoms with van der Waals surface area (Å²) in [6.45, 7) is 9.23. The molecule has 3 atom stereocenters. The highest BCUT2D eigenvalue weighted by Crippen LogP contribution is 2.56. The average Bonchev–Trinajstić information content (AvgIpc) is 4.17. The van der Waals surface area contributed by atoms with Gasteiger partial charge in [0, 0.05) is 42.8 Å². The molecule has 6 aromatic rings. The summed E-state index contributed by atoms with van der Waals surface area (Å²) in [4.78, 5) is 52.2. The molecule has 5 heterocycles. The summed E-state index contributed by atoms with van der Waals surface area (Å²) in [6.07, 6.45) is 4.56. The molecule has 1 saturated heterocycles. The van der Waals surface area contributed by atoms with Crippen LogP contribution in [0.5, 0.6) is 0 Å². The Hall–Kier alpha value is -5.87. The maximum atomic E-state index is 15.2. The SMILES string of the molecule is Cc1cc(-n2c(NCCc3ccc(S(=O)(=O)C4CC4)cc3)nc3c(c2=O)CCN(C(=O)c2cc4cc(C5CCOCC5)ccc4n2[C@]2(c4noc(=O)[nH]4)C[C@H]2C)[C@H]3C)cc(C)c1F. The summed E-state index contributed by atoms with van der Waals surface area (Å²) >= 11 is 0.